The molecular formula is C28H31PS2. The third-order valence-corrected chi connectivity index (χ3v) is 15.9. The van der Waals surface area contributed by atoms with E-state index in [1.807, 2.05) is 0 Å². The van der Waals surface area contributed by atoms with Crippen molar-refractivity contribution in [2.24, 2.45) is 10.8 Å². The highest BCUT2D eigenvalue weighted by Crippen LogP contribution is 2.84. The molecule has 0 heterocycles. The van der Waals surface area contributed by atoms with Gasteiger partial charge in [0.1, 0.15) is 0 Å². The molecule has 1 fully saturated rings. The molecule has 160 valence electrons. The van der Waals surface area contributed by atoms with Crippen molar-refractivity contribution < 1.29 is 0 Å². The predicted octanol–water partition coefficient (Wildman–Crippen LogP) is 7.67. The fraction of sp³-hybridized carbons (Fsp3) is 0.286. The summed E-state index contributed by atoms with van der Waals surface area (Å²) in [4.78, 5) is 0. The van der Waals surface area contributed by atoms with E-state index in [9.17, 15) is 0 Å². The van der Waals surface area contributed by atoms with Crippen LogP contribution in [0.1, 0.15) is 40.2 Å². The van der Waals surface area contributed by atoms with E-state index in [0.717, 1.165) is 0 Å². The smallest absolute Gasteiger partial charge is 0.0622 e. The first kappa shape index (κ1) is 22.6. The van der Waals surface area contributed by atoms with E-state index >= 15 is 0 Å². The van der Waals surface area contributed by atoms with E-state index in [4.69, 9.17) is 11.8 Å². The zero-order chi connectivity index (χ0) is 22.3. The van der Waals surface area contributed by atoms with Gasteiger partial charge >= 0.3 is 0 Å². The first-order chi connectivity index (χ1) is 14.7. The lowest BCUT2D eigenvalue weighted by atomic mass is 10.0. The van der Waals surface area contributed by atoms with Gasteiger partial charge in [0.15, 0.2) is 0 Å². The SMILES string of the molecule is C/C(=C\C1(SP(=S)(c2ccccc2)c2ccccc2)C(C)(C)C1(C)C)c1ccccc1. The van der Waals surface area contributed by atoms with Crippen molar-refractivity contribution in [3.8, 4) is 0 Å². The van der Waals surface area contributed by atoms with E-state index in [-0.39, 0.29) is 15.6 Å². The average Bonchev–Trinajstić information content (AvgIpc) is 3.11. The number of benzene rings is 3. The molecule has 31 heavy (non-hydrogen) atoms. The number of hydrogen-bond donors (Lipinski definition) is 0. The molecule has 3 aromatic rings. The van der Waals surface area contributed by atoms with Crippen molar-refractivity contribution >= 4 is 44.6 Å². The van der Waals surface area contributed by atoms with Crippen LogP contribution in [-0.2, 0) is 11.8 Å². The molecule has 0 amide bonds. The standard InChI is InChI=1S/C28H31PS2/c1-22(23-15-9-6-10-16-23)21-28(26(2,3)27(28,4)5)31-29(30,24-17-11-7-12-18-24)25-19-13-8-14-20-25/h6-21H,1-5H3/b22-21+. The lowest BCUT2D eigenvalue weighted by Crippen LogP contribution is -2.19. The Morgan fingerprint density at radius 3 is 1.48 bits per heavy atom. The Hall–Kier alpha value is -1.60. The van der Waals surface area contributed by atoms with Gasteiger partial charge in [-0.2, -0.15) is 0 Å². The summed E-state index contributed by atoms with van der Waals surface area (Å²) in [7, 11) is 0. The molecule has 0 unspecified atom stereocenters. The van der Waals surface area contributed by atoms with Gasteiger partial charge in [0.2, 0.25) is 0 Å². The van der Waals surface area contributed by atoms with Crippen LogP contribution in [0.2, 0.25) is 0 Å². The predicted molar refractivity (Wildman–Crippen MR) is 144 cm³/mol. The fourth-order valence-corrected chi connectivity index (χ4v) is 13.8. The summed E-state index contributed by atoms with van der Waals surface area (Å²) >= 11 is 8.70. The van der Waals surface area contributed by atoms with Crippen LogP contribution in [-0.4, -0.2) is 4.75 Å². The van der Waals surface area contributed by atoms with Crippen LogP contribution >= 0.6 is 16.6 Å². The fourth-order valence-electron chi connectivity index (χ4n) is 4.71. The minimum atomic E-state index is -2.09. The topological polar surface area (TPSA) is 0 Å². The molecular weight excluding hydrogens is 431 g/mol. The molecule has 0 saturated heterocycles. The van der Waals surface area contributed by atoms with Crippen LogP contribution in [0.3, 0.4) is 0 Å². The quantitative estimate of drug-likeness (QED) is 0.345. The Labute approximate surface area is 196 Å². The van der Waals surface area contributed by atoms with Gasteiger partial charge in [0.25, 0.3) is 0 Å². The highest BCUT2D eigenvalue weighted by atomic mass is 32.9. The number of hydrogen-bond acceptors (Lipinski definition) is 2. The first-order valence-electron chi connectivity index (χ1n) is 10.8. The second kappa shape index (κ2) is 8.07. The summed E-state index contributed by atoms with van der Waals surface area (Å²) in [6, 6.07) is 32.3. The molecule has 0 aromatic heterocycles. The highest BCUT2D eigenvalue weighted by Gasteiger charge is 2.77. The monoisotopic (exact) mass is 462 g/mol. The Kier molecular flexibility index (Phi) is 5.88. The lowest BCUT2D eigenvalue weighted by molar-refractivity contribution is 0.457. The van der Waals surface area contributed by atoms with Gasteiger partial charge in [-0.15, -0.1) is 11.4 Å². The molecule has 4 rings (SSSR count). The van der Waals surface area contributed by atoms with Gasteiger partial charge in [-0.1, -0.05) is 137 Å². The van der Waals surface area contributed by atoms with Crippen LogP contribution in [0.15, 0.2) is 97.1 Å². The van der Waals surface area contributed by atoms with Gasteiger partial charge < -0.3 is 0 Å². The molecule has 1 aliphatic carbocycles. The largest absolute Gasteiger partial charge is 0.103 e. The molecule has 3 aromatic carbocycles. The molecule has 0 atom stereocenters. The van der Waals surface area contributed by atoms with Gasteiger partial charge in [-0.05, 0) is 39.5 Å². The van der Waals surface area contributed by atoms with Gasteiger partial charge in [0.05, 0.1) is 9.99 Å². The highest BCUT2D eigenvalue weighted by molar-refractivity contribution is 8.75. The average molecular weight is 463 g/mol. The zero-order valence-corrected chi connectivity index (χ0v) is 21.5. The van der Waals surface area contributed by atoms with Gasteiger partial charge in [0, 0.05) is 0 Å². The Bertz CT molecular complexity index is 1070. The molecule has 0 N–H and O–H groups in total. The molecule has 3 heteroatoms. The summed E-state index contributed by atoms with van der Waals surface area (Å²) in [5, 5.41) is 0.479. The second-order valence-electron chi connectivity index (χ2n) is 9.49. The molecule has 1 saturated carbocycles. The van der Waals surface area contributed by atoms with Crippen molar-refractivity contribution in [1.29, 1.82) is 0 Å². The summed E-state index contributed by atoms with van der Waals surface area (Å²) in [6.07, 6.45) is 2.53. The molecule has 1 aliphatic rings. The third-order valence-electron chi connectivity index (χ3n) is 7.47. The van der Waals surface area contributed by atoms with Crippen molar-refractivity contribution in [3.05, 3.63) is 103 Å². The number of rotatable bonds is 6. The molecule has 0 radical (unpaired) electrons. The van der Waals surface area contributed by atoms with Crippen molar-refractivity contribution in [3.63, 3.8) is 0 Å². The van der Waals surface area contributed by atoms with Gasteiger partial charge in [-0.25, -0.2) is 0 Å². The van der Waals surface area contributed by atoms with E-state index < -0.39 is 5.24 Å². The van der Waals surface area contributed by atoms with E-state index in [2.05, 4.69) is 143 Å². The Morgan fingerprint density at radius 1 is 0.710 bits per heavy atom. The van der Waals surface area contributed by atoms with E-state index in [0.29, 0.717) is 0 Å². The lowest BCUT2D eigenvalue weighted by Gasteiger charge is -2.30. The second-order valence-corrected chi connectivity index (χ2v) is 17.0. The van der Waals surface area contributed by atoms with Crippen LogP contribution in [0.25, 0.3) is 5.57 Å². The number of allylic oxidation sites excluding steroid dienone is 1. The Balaban J connectivity index is 1.88. The summed E-state index contributed by atoms with van der Waals surface area (Å²) < 4.78 is -0.0405. The van der Waals surface area contributed by atoms with Crippen molar-refractivity contribution in [1.82, 2.24) is 0 Å². The molecule has 0 aliphatic heterocycles. The minimum Gasteiger partial charge on any atom is -0.103 e. The van der Waals surface area contributed by atoms with Crippen LogP contribution in [0.5, 0.6) is 0 Å². The van der Waals surface area contributed by atoms with Crippen LogP contribution in [0, 0.1) is 10.8 Å². The normalized spacial score (nSPS) is 19.1. The zero-order valence-electron chi connectivity index (χ0n) is 19.0. The van der Waals surface area contributed by atoms with Crippen LogP contribution < -0.4 is 10.6 Å². The maximum Gasteiger partial charge on any atom is 0.0622 e. The third kappa shape index (κ3) is 3.58. The van der Waals surface area contributed by atoms with E-state index in [1.165, 1.54) is 21.7 Å². The van der Waals surface area contributed by atoms with Crippen LogP contribution in [0.4, 0.5) is 0 Å². The van der Waals surface area contributed by atoms with Gasteiger partial charge in [-0.3, -0.25) is 0 Å². The first-order valence-corrected chi connectivity index (χ1v) is 15.0. The maximum atomic E-state index is 6.64. The molecule has 0 spiro atoms. The summed E-state index contributed by atoms with van der Waals surface area (Å²) in [5.41, 5.74) is 2.88. The summed E-state index contributed by atoms with van der Waals surface area (Å²) in [5.74, 6) is 0. The Morgan fingerprint density at radius 2 is 1.10 bits per heavy atom. The minimum absolute atomic E-state index is 0.0405. The van der Waals surface area contributed by atoms with Crippen molar-refractivity contribution in [2.75, 3.05) is 0 Å². The molecule has 0 nitrogen and oxygen atoms in total. The van der Waals surface area contributed by atoms with Crippen molar-refractivity contribution in [2.45, 2.75) is 39.4 Å². The van der Waals surface area contributed by atoms with E-state index in [1.54, 1.807) is 0 Å². The summed E-state index contributed by atoms with van der Waals surface area (Å²) in [6.45, 7) is 11.9. The maximum absolute atomic E-state index is 6.64. The molecule has 0 bridgehead atoms.